The quantitative estimate of drug-likeness (QED) is 0.742. The molecule has 0 aliphatic carbocycles. The molecule has 1 rings (SSSR count). The second-order valence-electron chi connectivity index (χ2n) is 4.54. The Balaban J connectivity index is 2.07. The zero-order chi connectivity index (χ0) is 13.2. The molecule has 3 heteroatoms. The van der Waals surface area contributed by atoms with Crippen molar-refractivity contribution in [1.82, 2.24) is 5.32 Å². The molecule has 100 valence electrons. The molecule has 2 N–H and O–H groups in total. The van der Waals surface area contributed by atoms with E-state index in [1.807, 2.05) is 25.1 Å². The monoisotopic (exact) mass is 249 g/mol. The van der Waals surface area contributed by atoms with Gasteiger partial charge in [0, 0.05) is 13.0 Å². The van der Waals surface area contributed by atoms with E-state index in [4.69, 9.17) is 0 Å². The number of hydrogen-bond donors (Lipinski definition) is 2. The Hall–Kier alpha value is -1.35. The lowest BCUT2D eigenvalue weighted by atomic mass is 10.1. The number of carbonyl (C=O) groups is 1. The minimum Gasteiger partial charge on any atom is -0.393 e. The number of aliphatic hydroxyl groups is 1. The van der Waals surface area contributed by atoms with Crippen LogP contribution >= 0.6 is 0 Å². The fraction of sp³-hybridized carbons (Fsp3) is 0.533. The van der Waals surface area contributed by atoms with E-state index in [1.165, 1.54) is 5.56 Å². The normalized spacial score (nSPS) is 12.1. The summed E-state index contributed by atoms with van der Waals surface area (Å²) in [6, 6.07) is 10.2. The van der Waals surface area contributed by atoms with Crippen molar-refractivity contribution in [3.8, 4) is 0 Å². The van der Waals surface area contributed by atoms with Gasteiger partial charge in [-0.1, -0.05) is 37.3 Å². The summed E-state index contributed by atoms with van der Waals surface area (Å²) in [5, 5.41) is 12.2. The summed E-state index contributed by atoms with van der Waals surface area (Å²) in [4.78, 5) is 11.5. The molecule has 0 aliphatic heterocycles. The molecule has 1 aromatic carbocycles. The number of amides is 1. The van der Waals surface area contributed by atoms with E-state index in [0.29, 0.717) is 19.4 Å². The Bertz CT molecular complexity index is 338. The number of carbonyl (C=O) groups excluding carboxylic acids is 1. The first-order chi connectivity index (χ1) is 8.72. The van der Waals surface area contributed by atoms with Crippen LogP contribution in [0.15, 0.2) is 30.3 Å². The second-order valence-corrected chi connectivity index (χ2v) is 4.54. The first-order valence-electron chi connectivity index (χ1n) is 6.71. The minimum absolute atomic E-state index is 0.0780. The molecule has 3 nitrogen and oxygen atoms in total. The summed E-state index contributed by atoms with van der Waals surface area (Å²) in [5.41, 5.74) is 1.27. The molecule has 1 aromatic rings. The fourth-order valence-electron chi connectivity index (χ4n) is 1.77. The van der Waals surface area contributed by atoms with Gasteiger partial charge < -0.3 is 10.4 Å². The zero-order valence-electron chi connectivity index (χ0n) is 11.1. The molecule has 0 aromatic heterocycles. The predicted molar refractivity (Wildman–Crippen MR) is 73.3 cm³/mol. The smallest absolute Gasteiger partial charge is 0.220 e. The van der Waals surface area contributed by atoms with Gasteiger partial charge in [0.1, 0.15) is 0 Å². The van der Waals surface area contributed by atoms with Crippen molar-refractivity contribution in [2.75, 3.05) is 6.54 Å². The van der Waals surface area contributed by atoms with Crippen LogP contribution in [0.4, 0.5) is 0 Å². The van der Waals surface area contributed by atoms with Crippen molar-refractivity contribution in [2.24, 2.45) is 0 Å². The van der Waals surface area contributed by atoms with E-state index in [0.717, 1.165) is 19.3 Å². The third-order valence-electron chi connectivity index (χ3n) is 2.98. The molecule has 0 radical (unpaired) electrons. The summed E-state index contributed by atoms with van der Waals surface area (Å²) < 4.78 is 0. The zero-order valence-corrected chi connectivity index (χ0v) is 11.1. The maximum Gasteiger partial charge on any atom is 0.220 e. The van der Waals surface area contributed by atoms with E-state index < -0.39 is 0 Å². The van der Waals surface area contributed by atoms with Crippen molar-refractivity contribution in [1.29, 1.82) is 0 Å². The summed E-state index contributed by atoms with van der Waals surface area (Å²) >= 11 is 0. The number of aryl methyl sites for hydroxylation is 1. The number of benzene rings is 1. The van der Waals surface area contributed by atoms with Crippen LogP contribution in [0.3, 0.4) is 0 Å². The Labute approximate surface area is 109 Å². The Kier molecular flexibility index (Phi) is 7.11. The molecule has 0 saturated heterocycles. The molecule has 0 bridgehead atoms. The largest absolute Gasteiger partial charge is 0.393 e. The first-order valence-corrected chi connectivity index (χ1v) is 6.71. The molecule has 18 heavy (non-hydrogen) atoms. The summed E-state index contributed by atoms with van der Waals surface area (Å²) in [6.07, 6.45) is 3.44. The highest BCUT2D eigenvalue weighted by Gasteiger charge is 2.03. The Morgan fingerprint density at radius 3 is 2.72 bits per heavy atom. The third-order valence-corrected chi connectivity index (χ3v) is 2.98. The number of hydrogen-bond acceptors (Lipinski definition) is 2. The molecule has 1 amide bonds. The van der Waals surface area contributed by atoms with Gasteiger partial charge in [0.2, 0.25) is 5.91 Å². The van der Waals surface area contributed by atoms with Gasteiger partial charge in [-0.05, 0) is 31.2 Å². The standard InChI is InChI=1S/C15H23NO2/c1-2-14(17)11-12-16-15(18)10-6-9-13-7-4-3-5-8-13/h3-5,7-8,14,17H,2,6,9-12H2,1H3,(H,16,18). The number of rotatable bonds is 8. The van der Waals surface area contributed by atoms with Gasteiger partial charge in [-0.15, -0.1) is 0 Å². The maximum atomic E-state index is 11.5. The molecule has 0 spiro atoms. The highest BCUT2D eigenvalue weighted by Crippen LogP contribution is 2.04. The van der Waals surface area contributed by atoms with Crippen molar-refractivity contribution < 1.29 is 9.90 Å². The lowest BCUT2D eigenvalue weighted by Crippen LogP contribution is -2.26. The van der Waals surface area contributed by atoms with Crippen molar-refractivity contribution in [3.63, 3.8) is 0 Å². The second kappa shape index (κ2) is 8.70. The van der Waals surface area contributed by atoms with Crippen molar-refractivity contribution >= 4 is 5.91 Å². The SMILES string of the molecule is CCC(O)CCNC(=O)CCCc1ccccc1. The summed E-state index contributed by atoms with van der Waals surface area (Å²) in [5.74, 6) is 0.0780. The number of nitrogens with one attached hydrogen (secondary N) is 1. The van der Waals surface area contributed by atoms with E-state index in [9.17, 15) is 9.90 Å². The highest BCUT2D eigenvalue weighted by atomic mass is 16.3. The van der Waals surface area contributed by atoms with Gasteiger partial charge in [0.05, 0.1) is 6.10 Å². The van der Waals surface area contributed by atoms with Crippen molar-refractivity contribution in [2.45, 2.75) is 45.1 Å². The van der Waals surface area contributed by atoms with E-state index in [1.54, 1.807) is 0 Å². The topological polar surface area (TPSA) is 49.3 Å². The van der Waals surface area contributed by atoms with E-state index >= 15 is 0 Å². The van der Waals surface area contributed by atoms with E-state index in [-0.39, 0.29) is 12.0 Å². The number of aliphatic hydroxyl groups excluding tert-OH is 1. The van der Waals surface area contributed by atoms with Crippen LogP contribution in [-0.2, 0) is 11.2 Å². The average Bonchev–Trinajstić information content (AvgIpc) is 2.39. The first kappa shape index (κ1) is 14.7. The van der Waals surface area contributed by atoms with Gasteiger partial charge in [-0.3, -0.25) is 4.79 Å². The van der Waals surface area contributed by atoms with E-state index in [2.05, 4.69) is 17.4 Å². The van der Waals surface area contributed by atoms with Crippen LogP contribution in [0.1, 0.15) is 38.2 Å². The average molecular weight is 249 g/mol. The highest BCUT2D eigenvalue weighted by molar-refractivity contribution is 5.75. The van der Waals surface area contributed by atoms with Gasteiger partial charge in [-0.25, -0.2) is 0 Å². The lowest BCUT2D eigenvalue weighted by molar-refractivity contribution is -0.121. The van der Waals surface area contributed by atoms with Crippen molar-refractivity contribution in [3.05, 3.63) is 35.9 Å². The summed E-state index contributed by atoms with van der Waals surface area (Å²) in [7, 11) is 0. The van der Waals surface area contributed by atoms with Crippen LogP contribution in [0.25, 0.3) is 0 Å². The molecule has 1 atom stereocenters. The van der Waals surface area contributed by atoms with Crippen LogP contribution in [-0.4, -0.2) is 23.7 Å². The van der Waals surface area contributed by atoms with Crippen LogP contribution < -0.4 is 5.32 Å². The van der Waals surface area contributed by atoms with Gasteiger partial charge >= 0.3 is 0 Å². The molecule has 0 fully saturated rings. The molecule has 0 aliphatic rings. The molecular weight excluding hydrogens is 226 g/mol. The van der Waals surface area contributed by atoms with Gasteiger partial charge in [0.15, 0.2) is 0 Å². The molecule has 1 unspecified atom stereocenters. The van der Waals surface area contributed by atoms with Gasteiger partial charge in [0.25, 0.3) is 0 Å². The minimum atomic E-state index is -0.297. The van der Waals surface area contributed by atoms with Gasteiger partial charge in [-0.2, -0.15) is 0 Å². The third kappa shape index (κ3) is 6.40. The molecule has 0 heterocycles. The van der Waals surface area contributed by atoms with Crippen LogP contribution in [0.5, 0.6) is 0 Å². The molecule has 0 saturated carbocycles. The van der Waals surface area contributed by atoms with Crippen LogP contribution in [0, 0.1) is 0 Å². The Morgan fingerprint density at radius 1 is 1.33 bits per heavy atom. The summed E-state index contributed by atoms with van der Waals surface area (Å²) in [6.45, 7) is 2.51. The molecular formula is C15H23NO2. The Morgan fingerprint density at radius 2 is 2.06 bits per heavy atom. The van der Waals surface area contributed by atoms with Crippen LogP contribution in [0.2, 0.25) is 0 Å². The lowest BCUT2D eigenvalue weighted by Gasteiger charge is -2.08. The fourth-order valence-corrected chi connectivity index (χ4v) is 1.77. The maximum absolute atomic E-state index is 11.5. The predicted octanol–water partition coefficient (Wildman–Crippen LogP) is 2.29.